The third-order valence-corrected chi connectivity index (χ3v) is 4.30. The van der Waals surface area contributed by atoms with Gasteiger partial charge in [0.15, 0.2) is 11.6 Å². The molecule has 0 aliphatic heterocycles. The summed E-state index contributed by atoms with van der Waals surface area (Å²) in [6.45, 7) is -0.166. The quantitative estimate of drug-likeness (QED) is 0.777. The van der Waals surface area contributed by atoms with Gasteiger partial charge in [-0.15, -0.1) is 0 Å². The van der Waals surface area contributed by atoms with Crippen LogP contribution in [0.3, 0.4) is 0 Å². The van der Waals surface area contributed by atoms with Crippen LogP contribution in [-0.2, 0) is 15.7 Å². The highest BCUT2D eigenvalue weighted by Gasteiger charge is 2.14. The summed E-state index contributed by atoms with van der Waals surface area (Å²) in [5.41, 5.74) is 0.338. The highest BCUT2D eigenvalue weighted by molar-refractivity contribution is 8.13. The second kappa shape index (κ2) is 6.17. The van der Waals surface area contributed by atoms with Crippen LogP contribution in [0.4, 0.5) is 8.78 Å². The number of ether oxygens (including phenoxy) is 1. The third-order valence-electron chi connectivity index (χ3n) is 2.58. The van der Waals surface area contributed by atoms with Crippen LogP contribution in [0.15, 0.2) is 41.3 Å². The Morgan fingerprint density at radius 3 is 2.43 bits per heavy atom. The van der Waals surface area contributed by atoms with Crippen LogP contribution >= 0.6 is 22.3 Å². The molecule has 2 aromatic rings. The zero-order valence-electron chi connectivity index (χ0n) is 10.3. The average Bonchev–Trinajstić information content (AvgIpc) is 2.40. The Labute approximate surface area is 129 Å². The Morgan fingerprint density at radius 1 is 1.10 bits per heavy atom. The summed E-state index contributed by atoms with van der Waals surface area (Å²) < 4.78 is 54.1. The lowest BCUT2D eigenvalue weighted by molar-refractivity contribution is 0.289. The fraction of sp³-hybridized carbons (Fsp3) is 0.0769. The minimum absolute atomic E-state index is 0.166. The van der Waals surface area contributed by atoms with Crippen molar-refractivity contribution < 1.29 is 21.9 Å². The number of hydrogen-bond donors (Lipinski definition) is 0. The van der Waals surface area contributed by atoms with Crippen LogP contribution in [0.5, 0.6) is 5.75 Å². The number of benzene rings is 2. The van der Waals surface area contributed by atoms with Crippen molar-refractivity contribution in [2.45, 2.75) is 11.5 Å². The first-order valence-corrected chi connectivity index (χ1v) is 8.27. The first-order valence-electron chi connectivity index (χ1n) is 5.58. The lowest BCUT2D eigenvalue weighted by Crippen LogP contribution is -2.00. The molecule has 0 unspecified atom stereocenters. The van der Waals surface area contributed by atoms with E-state index in [1.807, 2.05) is 0 Å². The van der Waals surface area contributed by atoms with Gasteiger partial charge >= 0.3 is 0 Å². The molecule has 0 amide bonds. The van der Waals surface area contributed by atoms with E-state index >= 15 is 0 Å². The van der Waals surface area contributed by atoms with Crippen LogP contribution in [0, 0.1) is 11.6 Å². The zero-order valence-corrected chi connectivity index (χ0v) is 12.6. The molecule has 0 aliphatic rings. The smallest absolute Gasteiger partial charge is 0.261 e. The number of hydrogen-bond acceptors (Lipinski definition) is 3. The van der Waals surface area contributed by atoms with Gasteiger partial charge in [-0.2, -0.15) is 0 Å². The predicted octanol–water partition coefficient (Wildman–Crippen LogP) is 4.12. The van der Waals surface area contributed by atoms with E-state index in [0.717, 1.165) is 24.3 Å². The molecule has 0 heterocycles. The first kappa shape index (κ1) is 16.0. The van der Waals surface area contributed by atoms with Crippen LogP contribution in [0.2, 0.25) is 5.02 Å². The van der Waals surface area contributed by atoms with Crippen LogP contribution in [0.25, 0.3) is 0 Å². The molecule has 0 saturated heterocycles. The minimum atomic E-state index is -4.02. The van der Waals surface area contributed by atoms with Gasteiger partial charge in [0.05, 0.1) is 4.90 Å². The van der Waals surface area contributed by atoms with E-state index in [9.17, 15) is 17.2 Å². The molecule has 2 rings (SSSR count). The summed E-state index contributed by atoms with van der Waals surface area (Å²) in [5.74, 6) is -1.59. The summed E-state index contributed by atoms with van der Waals surface area (Å²) in [5, 5.41) is 0.275. The molecular formula is C13H8Cl2F2O3S. The predicted molar refractivity (Wildman–Crippen MR) is 75.2 cm³/mol. The molecule has 3 nitrogen and oxygen atoms in total. The Bertz CT molecular complexity index is 779. The van der Waals surface area contributed by atoms with Gasteiger partial charge in [-0.1, -0.05) is 11.6 Å². The van der Waals surface area contributed by atoms with E-state index in [1.165, 1.54) is 12.1 Å². The SMILES string of the molecule is O=S(=O)(Cl)c1ccc(OCc2cc(F)ccc2Cl)c(F)c1. The van der Waals surface area contributed by atoms with Crippen LogP contribution in [-0.4, -0.2) is 8.42 Å². The maximum Gasteiger partial charge on any atom is 0.261 e. The third kappa shape index (κ3) is 4.06. The van der Waals surface area contributed by atoms with Crippen molar-refractivity contribution in [1.82, 2.24) is 0 Å². The fourth-order valence-corrected chi connectivity index (χ4v) is 2.49. The van der Waals surface area contributed by atoms with Gasteiger partial charge in [0.25, 0.3) is 9.05 Å². The van der Waals surface area contributed by atoms with E-state index in [-0.39, 0.29) is 22.3 Å². The summed E-state index contributed by atoms with van der Waals surface area (Å²) in [6.07, 6.45) is 0. The van der Waals surface area contributed by atoms with E-state index in [2.05, 4.69) is 0 Å². The Hall–Kier alpha value is -1.37. The Morgan fingerprint density at radius 2 is 1.81 bits per heavy atom. The summed E-state index contributed by atoms with van der Waals surface area (Å²) in [6, 6.07) is 6.68. The van der Waals surface area contributed by atoms with E-state index in [1.54, 1.807) is 0 Å². The monoisotopic (exact) mass is 352 g/mol. The van der Waals surface area contributed by atoms with E-state index in [0.29, 0.717) is 5.56 Å². The second-order valence-corrected chi connectivity index (χ2v) is 7.03. The molecule has 0 radical (unpaired) electrons. The van der Waals surface area contributed by atoms with Gasteiger partial charge in [0, 0.05) is 21.3 Å². The van der Waals surface area contributed by atoms with Gasteiger partial charge in [-0.05, 0) is 36.4 Å². The van der Waals surface area contributed by atoms with Crippen molar-refractivity contribution >= 4 is 31.3 Å². The summed E-state index contributed by atoms with van der Waals surface area (Å²) in [7, 11) is 1.08. The van der Waals surface area contributed by atoms with E-state index in [4.69, 9.17) is 27.0 Å². The first-order chi connectivity index (χ1) is 9.77. The lowest BCUT2D eigenvalue weighted by atomic mass is 10.2. The van der Waals surface area contributed by atoms with Crippen molar-refractivity contribution in [2.75, 3.05) is 0 Å². The molecule has 21 heavy (non-hydrogen) atoms. The lowest BCUT2D eigenvalue weighted by Gasteiger charge is -2.09. The van der Waals surface area contributed by atoms with Crippen LogP contribution in [0.1, 0.15) is 5.56 Å². The molecule has 0 bridgehead atoms. The van der Waals surface area contributed by atoms with Crippen molar-refractivity contribution in [3.63, 3.8) is 0 Å². The molecule has 0 aromatic heterocycles. The van der Waals surface area contributed by atoms with Gasteiger partial charge in [0.1, 0.15) is 12.4 Å². The molecular weight excluding hydrogens is 345 g/mol. The van der Waals surface area contributed by atoms with Crippen LogP contribution < -0.4 is 4.74 Å². The zero-order chi connectivity index (χ0) is 15.6. The summed E-state index contributed by atoms with van der Waals surface area (Å²) in [4.78, 5) is -0.377. The van der Waals surface area contributed by atoms with Crippen molar-refractivity contribution in [2.24, 2.45) is 0 Å². The van der Waals surface area contributed by atoms with E-state index < -0.39 is 20.7 Å². The molecule has 2 aromatic carbocycles. The van der Waals surface area contributed by atoms with Gasteiger partial charge in [-0.25, -0.2) is 17.2 Å². The molecule has 112 valence electrons. The average molecular weight is 353 g/mol. The van der Waals surface area contributed by atoms with Gasteiger partial charge in [-0.3, -0.25) is 0 Å². The summed E-state index contributed by atoms with van der Waals surface area (Å²) >= 11 is 5.85. The Balaban J connectivity index is 2.19. The van der Waals surface area contributed by atoms with Crippen molar-refractivity contribution in [3.05, 3.63) is 58.6 Å². The standard InChI is InChI=1S/C13H8Cl2F2O3S/c14-11-3-1-9(16)5-8(11)7-20-13-4-2-10(6-12(13)17)21(15,18)19/h1-6H,7H2. The topological polar surface area (TPSA) is 43.4 Å². The van der Waals surface area contributed by atoms with Gasteiger partial charge < -0.3 is 4.74 Å². The Kier molecular flexibility index (Phi) is 4.70. The van der Waals surface area contributed by atoms with Gasteiger partial charge in [0.2, 0.25) is 0 Å². The number of halogens is 4. The molecule has 0 fully saturated rings. The normalized spacial score (nSPS) is 11.4. The molecule has 0 aliphatic carbocycles. The van der Waals surface area contributed by atoms with Crippen molar-refractivity contribution in [3.8, 4) is 5.75 Å². The highest BCUT2D eigenvalue weighted by Crippen LogP contribution is 2.25. The molecule has 0 spiro atoms. The molecule has 0 atom stereocenters. The van der Waals surface area contributed by atoms with Crippen molar-refractivity contribution in [1.29, 1.82) is 0 Å². The highest BCUT2D eigenvalue weighted by atomic mass is 35.7. The maximum absolute atomic E-state index is 13.7. The number of rotatable bonds is 4. The minimum Gasteiger partial charge on any atom is -0.486 e. The largest absolute Gasteiger partial charge is 0.486 e. The molecule has 0 N–H and O–H groups in total. The fourth-order valence-electron chi connectivity index (χ4n) is 1.56. The molecule has 0 saturated carbocycles. The molecule has 8 heteroatoms. The maximum atomic E-state index is 13.7. The second-order valence-electron chi connectivity index (χ2n) is 4.05.